The lowest BCUT2D eigenvalue weighted by atomic mass is 10.1. The van der Waals surface area contributed by atoms with Crippen LogP contribution < -0.4 is 4.90 Å². The van der Waals surface area contributed by atoms with Crippen LogP contribution in [0.1, 0.15) is 26.3 Å². The lowest BCUT2D eigenvalue weighted by Crippen LogP contribution is -2.28. The highest BCUT2D eigenvalue weighted by Gasteiger charge is 2.11. The number of nitriles is 1. The molecule has 1 aromatic heterocycles. The number of nitrogens with zero attached hydrogens (tertiary/aromatic N) is 3. The molecular formula is C16H19N3. The molecule has 0 atom stereocenters. The van der Waals surface area contributed by atoms with E-state index in [4.69, 9.17) is 0 Å². The Kier molecular flexibility index (Phi) is 4.01. The molecule has 0 bridgehead atoms. The fourth-order valence-corrected chi connectivity index (χ4v) is 2.24. The molecule has 0 saturated carbocycles. The SMILES string of the molecule is CCN(CC(C)C)c1cc(C#N)c2ccccc2n1. The zero-order valence-corrected chi connectivity index (χ0v) is 11.7. The van der Waals surface area contributed by atoms with Gasteiger partial charge in [-0.1, -0.05) is 32.0 Å². The second-order valence-electron chi connectivity index (χ2n) is 5.09. The van der Waals surface area contributed by atoms with Crippen molar-refractivity contribution in [2.45, 2.75) is 20.8 Å². The Morgan fingerprint density at radius 2 is 2.05 bits per heavy atom. The minimum Gasteiger partial charge on any atom is -0.357 e. The molecule has 0 aliphatic heterocycles. The first-order valence-electron chi connectivity index (χ1n) is 6.70. The Morgan fingerprint density at radius 1 is 1.32 bits per heavy atom. The Bertz CT molecular complexity index is 611. The van der Waals surface area contributed by atoms with Gasteiger partial charge in [-0.3, -0.25) is 0 Å². The van der Waals surface area contributed by atoms with Crippen molar-refractivity contribution in [3.63, 3.8) is 0 Å². The molecule has 0 saturated heterocycles. The quantitative estimate of drug-likeness (QED) is 0.836. The first-order chi connectivity index (χ1) is 9.15. The molecule has 0 unspecified atom stereocenters. The van der Waals surface area contributed by atoms with Crippen LogP contribution in [-0.4, -0.2) is 18.1 Å². The number of anilines is 1. The van der Waals surface area contributed by atoms with Crippen LogP contribution in [0.3, 0.4) is 0 Å². The summed E-state index contributed by atoms with van der Waals surface area (Å²) in [6.07, 6.45) is 0. The van der Waals surface area contributed by atoms with Crippen molar-refractivity contribution in [1.29, 1.82) is 5.26 Å². The molecule has 1 aromatic carbocycles. The Morgan fingerprint density at radius 3 is 2.68 bits per heavy atom. The molecule has 0 fully saturated rings. The maximum atomic E-state index is 9.30. The molecule has 0 aliphatic rings. The number of para-hydroxylation sites is 1. The molecule has 0 amide bonds. The molecule has 19 heavy (non-hydrogen) atoms. The van der Waals surface area contributed by atoms with Gasteiger partial charge in [0.05, 0.1) is 17.1 Å². The summed E-state index contributed by atoms with van der Waals surface area (Å²) in [7, 11) is 0. The normalized spacial score (nSPS) is 10.7. The summed E-state index contributed by atoms with van der Waals surface area (Å²) >= 11 is 0. The van der Waals surface area contributed by atoms with Crippen molar-refractivity contribution in [2.75, 3.05) is 18.0 Å². The van der Waals surface area contributed by atoms with Gasteiger partial charge in [0, 0.05) is 18.5 Å². The number of benzene rings is 1. The molecule has 0 spiro atoms. The summed E-state index contributed by atoms with van der Waals surface area (Å²) < 4.78 is 0. The fourth-order valence-electron chi connectivity index (χ4n) is 2.24. The second-order valence-corrected chi connectivity index (χ2v) is 5.09. The molecule has 2 rings (SSSR count). The zero-order chi connectivity index (χ0) is 13.8. The number of hydrogen-bond donors (Lipinski definition) is 0. The fraction of sp³-hybridized carbons (Fsp3) is 0.375. The van der Waals surface area contributed by atoms with Crippen LogP contribution in [0.15, 0.2) is 30.3 Å². The summed E-state index contributed by atoms with van der Waals surface area (Å²) in [5, 5.41) is 10.2. The van der Waals surface area contributed by atoms with Gasteiger partial charge in [0.1, 0.15) is 5.82 Å². The van der Waals surface area contributed by atoms with Gasteiger partial charge in [-0.25, -0.2) is 4.98 Å². The second kappa shape index (κ2) is 5.71. The minimum atomic E-state index is 0.568. The Labute approximate surface area is 114 Å². The number of rotatable bonds is 4. The molecular weight excluding hydrogens is 234 g/mol. The molecule has 3 heteroatoms. The highest BCUT2D eigenvalue weighted by Crippen LogP contribution is 2.22. The van der Waals surface area contributed by atoms with E-state index in [1.165, 1.54) is 0 Å². The van der Waals surface area contributed by atoms with Crippen LogP contribution in [0.25, 0.3) is 10.9 Å². The highest BCUT2D eigenvalue weighted by atomic mass is 15.2. The van der Waals surface area contributed by atoms with Gasteiger partial charge in [-0.05, 0) is 25.0 Å². The van der Waals surface area contributed by atoms with E-state index in [1.807, 2.05) is 30.3 Å². The first-order valence-corrected chi connectivity index (χ1v) is 6.70. The standard InChI is InChI=1S/C16H19N3/c1-4-19(11-12(2)3)16-9-13(10-17)14-7-5-6-8-15(14)18-16/h5-9,12H,4,11H2,1-3H3. The largest absolute Gasteiger partial charge is 0.357 e. The van der Waals surface area contributed by atoms with Crippen molar-refractivity contribution >= 4 is 16.7 Å². The van der Waals surface area contributed by atoms with Gasteiger partial charge in [-0.15, -0.1) is 0 Å². The van der Waals surface area contributed by atoms with Crippen molar-refractivity contribution < 1.29 is 0 Å². The lowest BCUT2D eigenvalue weighted by molar-refractivity contribution is 0.615. The first kappa shape index (κ1) is 13.4. The summed E-state index contributed by atoms with van der Waals surface area (Å²) in [5.74, 6) is 1.46. The molecule has 0 aliphatic carbocycles. The van der Waals surface area contributed by atoms with E-state index in [9.17, 15) is 5.26 Å². The van der Waals surface area contributed by atoms with Crippen molar-refractivity contribution in [3.05, 3.63) is 35.9 Å². The van der Waals surface area contributed by atoms with E-state index in [0.29, 0.717) is 11.5 Å². The highest BCUT2D eigenvalue weighted by molar-refractivity contribution is 5.86. The third-order valence-corrected chi connectivity index (χ3v) is 3.11. The monoisotopic (exact) mass is 253 g/mol. The molecule has 1 heterocycles. The molecule has 3 nitrogen and oxygen atoms in total. The topological polar surface area (TPSA) is 39.9 Å². The van der Waals surface area contributed by atoms with Crippen LogP contribution in [0.2, 0.25) is 0 Å². The van der Waals surface area contributed by atoms with Gasteiger partial charge in [-0.2, -0.15) is 5.26 Å². The third kappa shape index (κ3) is 2.85. The number of aromatic nitrogens is 1. The van der Waals surface area contributed by atoms with Gasteiger partial charge < -0.3 is 4.90 Å². The predicted octanol–water partition coefficient (Wildman–Crippen LogP) is 3.59. The summed E-state index contributed by atoms with van der Waals surface area (Å²) in [5.41, 5.74) is 1.58. The average molecular weight is 253 g/mol. The summed E-state index contributed by atoms with van der Waals surface area (Å²) in [6, 6.07) is 12.0. The van der Waals surface area contributed by atoms with Crippen LogP contribution in [-0.2, 0) is 0 Å². The van der Waals surface area contributed by atoms with Crippen molar-refractivity contribution in [1.82, 2.24) is 4.98 Å². The van der Waals surface area contributed by atoms with Crippen LogP contribution >= 0.6 is 0 Å². The number of hydrogen-bond acceptors (Lipinski definition) is 3. The van der Waals surface area contributed by atoms with Crippen LogP contribution in [0, 0.1) is 17.2 Å². The number of pyridine rings is 1. The number of fused-ring (bicyclic) bond motifs is 1. The zero-order valence-electron chi connectivity index (χ0n) is 11.7. The lowest BCUT2D eigenvalue weighted by Gasteiger charge is -2.24. The maximum absolute atomic E-state index is 9.30. The molecule has 0 radical (unpaired) electrons. The van der Waals surface area contributed by atoms with Gasteiger partial charge in [0.15, 0.2) is 0 Å². The average Bonchev–Trinajstić information content (AvgIpc) is 2.43. The van der Waals surface area contributed by atoms with Crippen molar-refractivity contribution in [3.8, 4) is 6.07 Å². The van der Waals surface area contributed by atoms with Crippen LogP contribution in [0.5, 0.6) is 0 Å². The van der Waals surface area contributed by atoms with E-state index in [-0.39, 0.29) is 0 Å². The van der Waals surface area contributed by atoms with E-state index >= 15 is 0 Å². The Hall–Kier alpha value is -2.08. The smallest absolute Gasteiger partial charge is 0.130 e. The molecule has 2 aromatic rings. The summed E-state index contributed by atoms with van der Waals surface area (Å²) in [6.45, 7) is 8.34. The van der Waals surface area contributed by atoms with E-state index in [2.05, 4.69) is 36.7 Å². The van der Waals surface area contributed by atoms with Gasteiger partial charge >= 0.3 is 0 Å². The Balaban J connectivity index is 2.52. The van der Waals surface area contributed by atoms with E-state index < -0.39 is 0 Å². The van der Waals surface area contributed by atoms with Crippen molar-refractivity contribution in [2.24, 2.45) is 5.92 Å². The van der Waals surface area contributed by atoms with E-state index in [1.54, 1.807) is 0 Å². The molecule has 0 N–H and O–H groups in total. The molecule has 98 valence electrons. The predicted molar refractivity (Wildman–Crippen MR) is 79.2 cm³/mol. The van der Waals surface area contributed by atoms with Gasteiger partial charge in [0.25, 0.3) is 0 Å². The maximum Gasteiger partial charge on any atom is 0.130 e. The van der Waals surface area contributed by atoms with Crippen LogP contribution in [0.4, 0.5) is 5.82 Å². The summed E-state index contributed by atoms with van der Waals surface area (Å²) in [4.78, 5) is 6.90. The minimum absolute atomic E-state index is 0.568. The van der Waals surface area contributed by atoms with Gasteiger partial charge in [0.2, 0.25) is 0 Å². The van der Waals surface area contributed by atoms with E-state index in [0.717, 1.165) is 29.8 Å². The third-order valence-electron chi connectivity index (χ3n) is 3.11.